The summed E-state index contributed by atoms with van der Waals surface area (Å²) in [7, 11) is 3.40. The van der Waals surface area contributed by atoms with E-state index in [1.165, 1.54) is 6.20 Å². The van der Waals surface area contributed by atoms with Crippen LogP contribution in [0.5, 0.6) is 5.75 Å². The predicted molar refractivity (Wildman–Crippen MR) is 81.9 cm³/mol. The Balaban J connectivity index is 1.67. The molecule has 3 rings (SSSR count). The first kappa shape index (κ1) is 14.1. The van der Waals surface area contributed by atoms with E-state index in [4.69, 9.17) is 4.74 Å². The van der Waals surface area contributed by atoms with Gasteiger partial charge in [-0.05, 0) is 12.1 Å². The van der Waals surface area contributed by atoms with Crippen LogP contribution >= 0.6 is 0 Å². The lowest BCUT2D eigenvalue weighted by molar-refractivity contribution is 0.0796. The third-order valence-electron chi connectivity index (χ3n) is 3.51. The molecule has 2 heterocycles. The Morgan fingerprint density at radius 3 is 3.00 bits per heavy atom. The number of H-pyrrole nitrogens is 2. The molecule has 0 atom stereocenters. The smallest absolute Gasteiger partial charge is 0.256 e. The minimum Gasteiger partial charge on any atom is -0.497 e. The summed E-state index contributed by atoms with van der Waals surface area (Å²) in [6.45, 7) is 0.570. The van der Waals surface area contributed by atoms with E-state index in [0.29, 0.717) is 18.5 Å². The lowest BCUT2D eigenvalue weighted by Gasteiger charge is -2.15. The molecule has 7 heteroatoms. The van der Waals surface area contributed by atoms with E-state index in [1.807, 2.05) is 18.2 Å². The lowest BCUT2D eigenvalue weighted by Crippen LogP contribution is -2.28. The number of hydrogen-bond acceptors (Lipinski definition) is 4. The highest BCUT2D eigenvalue weighted by Crippen LogP contribution is 2.18. The first-order valence-corrected chi connectivity index (χ1v) is 6.94. The van der Waals surface area contributed by atoms with Gasteiger partial charge in [-0.3, -0.25) is 9.89 Å². The van der Waals surface area contributed by atoms with Crippen molar-refractivity contribution in [3.63, 3.8) is 0 Å². The molecule has 0 saturated heterocycles. The number of methoxy groups -OCH3 is 1. The van der Waals surface area contributed by atoms with E-state index in [0.717, 1.165) is 22.6 Å². The number of carbonyl (C=O) groups is 1. The summed E-state index contributed by atoms with van der Waals surface area (Å²) in [6, 6.07) is 5.70. The number of aromatic amines is 2. The summed E-state index contributed by atoms with van der Waals surface area (Å²) < 4.78 is 5.19. The molecule has 0 radical (unpaired) electrons. The Labute approximate surface area is 127 Å². The van der Waals surface area contributed by atoms with Crippen molar-refractivity contribution in [2.75, 3.05) is 20.7 Å². The maximum Gasteiger partial charge on any atom is 0.256 e. The van der Waals surface area contributed by atoms with Gasteiger partial charge in [-0.15, -0.1) is 0 Å². The van der Waals surface area contributed by atoms with Crippen molar-refractivity contribution in [3.8, 4) is 5.75 Å². The van der Waals surface area contributed by atoms with Gasteiger partial charge in [0.1, 0.15) is 11.6 Å². The van der Waals surface area contributed by atoms with Crippen LogP contribution in [0.3, 0.4) is 0 Å². The first-order chi connectivity index (χ1) is 10.7. The number of rotatable bonds is 5. The molecule has 7 nitrogen and oxygen atoms in total. The molecule has 1 amide bonds. The van der Waals surface area contributed by atoms with E-state index in [9.17, 15) is 4.79 Å². The van der Waals surface area contributed by atoms with Crippen molar-refractivity contribution in [1.82, 2.24) is 25.1 Å². The molecule has 22 heavy (non-hydrogen) atoms. The second-order valence-electron chi connectivity index (χ2n) is 5.03. The van der Waals surface area contributed by atoms with Gasteiger partial charge in [0.25, 0.3) is 5.91 Å². The van der Waals surface area contributed by atoms with Crippen molar-refractivity contribution < 1.29 is 9.53 Å². The van der Waals surface area contributed by atoms with E-state index >= 15 is 0 Å². The molecule has 0 bridgehead atoms. The number of aromatic nitrogens is 4. The number of carbonyl (C=O) groups excluding carboxylic acids is 1. The van der Waals surface area contributed by atoms with E-state index < -0.39 is 0 Å². The molecule has 0 saturated carbocycles. The molecular formula is C15H17N5O2. The molecule has 0 aliphatic carbocycles. The molecule has 1 aromatic carbocycles. The molecule has 0 aliphatic rings. The zero-order chi connectivity index (χ0) is 15.5. The lowest BCUT2D eigenvalue weighted by atomic mass is 10.3. The SMILES string of the molecule is COc1ccc2nc(CCN(C)C(=O)c3cn[nH]c3)[nH]c2c1. The van der Waals surface area contributed by atoms with Crippen LogP contribution in [0.15, 0.2) is 30.6 Å². The number of nitrogens with one attached hydrogen (secondary N) is 2. The van der Waals surface area contributed by atoms with Crippen LogP contribution in [0.25, 0.3) is 11.0 Å². The van der Waals surface area contributed by atoms with Crippen molar-refractivity contribution in [3.05, 3.63) is 42.0 Å². The Hall–Kier alpha value is -2.83. The maximum atomic E-state index is 12.1. The number of ether oxygens (including phenoxy) is 1. The number of hydrogen-bond donors (Lipinski definition) is 2. The number of nitrogens with zero attached hydrogens (tertiary/aromatic N) is 3. The molecule has 2 N–H and O–H groups in total. The third-order valence-corrected chi connectivity index (χ3v) is 3.51. The minimum absolute atomic E-state index is 0.0634. The van der Waals surface area contributed by atoms with Crippen LogP contribution in [0.1, 0.15) is 16.2 Å². The zero-order valence-electron chi connectivity index (χ0n) is 12.5. The molecule has 0 aliphatic heterocycles. The van der Waals surface area contributed by atoms with E-state index in [-0.39, 0.29) is 5.91 Å². The Morgan fingerprint density at radius 2 is 2.27 bits per heavy atom. The predicted octanol–water partition coefficient (Wildman–Crippen LogP) is 1.61. The Kier molecular flexibility index (Phi) is 3.78. The second kappa shape index (κ2) is 5.88. The highest BCUT2D eigenvalue weighted by molar-refractivity contribution is 5.93. The number of fused-ring (bicyclic) bond motifs is 1. The zero-order valence-corrected chi connectivity index (χ0v) is 12.5. The van der Waals surface area contributed by atoms with Gasteiger partial charge < -0.3 is 14.6 Å². The minimum atomic E-state index is -0.0634. The van der Waals surface area contributed by atoms with Gasteiger partial charge >= 0.3 is 0 Å². The Bertz CT molecular complexity index is 778. The van der Waals surface area contributed by atoms with Crippen LogP contribution < -0.4 is 4.74 Å². The number of benzene rings is 1. The van der Waals surface area contributed by atoms with Gasteiger partial charge in [0.05, 0.1) is 29.9 Å². The van der Waals surface area contributed by atoms with Gasteiger partial charge in [-0.1, -0.05) is 0 Å². The molecule has 0 unspecified atom stereocenters. The fraction of sp³-hybridized carbons (Fsp3) is 0.267. The molecule has 3 aromatic rings. The molecular weight excluding hydrogens is 282 g/mol. The van der Waals surface area contributed by atoms with Gasteiger partial charge in [-0.25, -0.2) is 4.98 Å². The van der Waals surface area contributed by atoms with Crippen LogP contribution in [-0.2, 0) is 6.42 Å². The van der Waals surface area contributed by atoms with Crippen molar-refractivity contribution >= 4 is 16.9 Å². The normalized spacial score (nSPS) is 10.8. The fourth-order valence-electron chi connectivity index (χ4n) is 2.25. The number of imidazole rings is 1. The van der Waals surface area contributed by atoms with Crippen molar-refractivity contribution in [1.29, 1.82) is 0 Å². The quantitative estimate of drug-likeness (QED) is 0.749. The van der Waals surface area contributed by atoms with Crippen molar-refractivity contribution in [2.24, 2.45) is 0 Å². The fourth-order valence-corrected chi connectivity index (χ4v) is 2.25. The maximum absolute atomic E-state index is 12.1. The molecule has 0 fully saturated rings. The molecule has 114 valence electrons. The van der Waals surface area contributed by atoms with Crippen molar-refractivity contribution in [2.45, 2.75) is 6.42 Å². The second-order valence-corrected chi connectivity index (χ2v) is 5.03. The summed E-state index contributed by atoms with van der Waals surface area (Å²) in [6.07, 6.45) is 3.76. The summed E-state index contributed by atoms with van der Waals surface area (Å²) >= 11 is 0. The number of amides is 1. The van der Waals surface area contributed by atoms with E-state index in [2.05, 4.69) is 20.2 Å². The van der Waals surface area contributed by atoms with Crippen LogP contribution in [0.2, 0.25) is 0 Å². The van der Waals surface area contributed by atoms with E-state index in [1.54, 1.807) is 25.3 Å². The van der Waals surface area contributed by atoms with Crippen LogP contribution in [0, 0.1) is 0 Å². The summed E-state index contributed by atoms with van der Waals surface area (Å²) in [5.74, 6) is 1.57. The standard InChI is InChI=1S/C15H17N5O2/c1-20(15(21)10-8-16-17-9-10)6-5-14-18-12-4-3-11(22-2)7-13(12)19-14/h3-4,7-9H,5-6H2,1-2H3,(H,16,17)(H,18,19). The topological polar surface area (TPSA) is 86.9 Å². The highest BCUT2D eigenvalue weighted by Gasteiger charge is 2.13. The summed E-state index contributed by atoms with van der Waals surface area (Å²) in [5.41, 5.74) is 2.37. The summed E-state index contributed by atoms with van der Waals surface area (Å²) in [5, 5.41) is 6.43. The summed E-state index contributed by atoms with van der Waals surface area (Å²) in [4.78, 5) is 21.5. The monoisotopic (exact) mass is 299 g/mol. The van der Waals surface area contributed by atoms with Gasteiger partial charge in [0.2, 0.25) is 0 Å². The molecule has 0 spiro atoms. The Morgan fingerprint density at radius 1 is 1.41 bits per heavy atom. The van der Waals surface area contributed by atoms with Crippen LogP contribution in [-0.4, -0.2) is 51.7 Å². The molecule has 2 aromatic heterocycles. The largest absolute Gasteiger partial charge is 0.497 e. The third kappa shape index (κ3) is 2.78. The van der Waals surface area contributed by atoms with Gasteiger partial charge in [0.15, 0.2) is 0 Å². The van der Waals surface area contributed by atoms with Gasteiger partial charge in [0, 0.05) is 32.3 Å². The average Bonchev–Trinajstić information content (AvgIpc) is 3.19. The number of likely N-dealkylation sites (N-methyl/N-ethyl adjacent to an activating group) is 1. The van der Waals surface area contributed by atoms with Gasteiger partial charge in [-0.2, -0.15) is 5.10 Å². The highest BCUT2D eigenvalue weighted by atomic mass is 16.5. The first-order valence-electron chi connectivity index (χ1n) is 6.94. The van der Waals surface area contributed by atoms with Crippen LogP contribution in [0.4, 0.5) is 0 Å². The average molecular weight is 299 g/mol.